The molecule has 0 spiro atoms. The van der Waals surface area contributed by atoms with Crippen molar-refractivity contribution in [2.75, 3.05) is 13.2 Å². The number of carbonyl (C=O) groups is 2. The van der Waals surface area contributed by atoms with Crippen molar-refractivity contribution < 1.29 is 19.1 Å². The highest BCUT2D eigenvalue weighted by molar-refractivity contribution is 5.97. The SMILES string of the molecule is CCCOc1ccc(/C=N\NC(=O)CC(=O)NCc2ccccc2)cc1OCC. The maximum Gasteiger partial charge on any atom is 0.249 e. The van der Waals surface area contributed by atoms with E-state index in [0.717, 1.165) is 17.5 Å². The summed E-state index contributed by atoms with van der Waals surface area (Å²) < 4.78 is 11.2. The van der Waals surface area contributed by atoms with Crippen molar-refractivity contribution in [1.82, 2.24) is 10.7 Å². The lowest BCUT2D eigenvalue weighted by molar-refractivity contribution is -0.129. The zero-order chi connectivity index (χ0) is 20.9. The number of amides is 2. The van der Waals surface area contributed by atoms with Gasteiger partial charge in [0.1, 0.15) is 6.42 Å². The van der Waals surface area contributed by atoms with E-state index < -0.39 is 5.91 Å². The van der Waals surface area contributed by atoms with Crippen LogP contribution in [-0.4, -0.2) is 31.2 Å². The van der Waals surface area contributed by atoms with E-state index in [-0.39, 0.29) is 12.3 Å². The first-order valence-electron chi connectivity index (χ1n) is 9.64. The number of rotatable bonds is 11. The molecule has 0 aliphatic rings. The highest BCUT2D eigenvalue weighted by atomic mass is 16.5. The first-order chi connectivity index (χ1) is 14.1. The molecule has 0 aliphatic heterocycles. The predicted octanol–water partition coefficient (Wildman–Crippen LogP) is 3.03. The van der Waals surface area contributed by atoms with Crippen LogP contribution in [0.1, 0.15) is 37.8 Å². The van der Waals surface area contributed by atoms with E-state index in [9.17, 15) is 9.59 Å². The van der Waals surface area contributed by atoms with Gasteiger partial charge in [-0.05, 0) is 42.7 Å². The van der Waals surface area contributed by atoms with Gasteiger partial charge in [0, 0.05) is 6.54 Å². The van der Waals surface area contributed by atoms with Crippen molar-refractivity contribution in [3.05, 3.63) is 59.7 Å². The van der Waals surface area contributed by atoms with E-state index >= 15 is 0 Å². The lowest BCUT2D eigenvalue weighted by atomic mass is 10.2. The van der Waals surface area contributed by atoms with Gasteiger partial charge in [-0.15, -0.1) is 0 Å². The molecule has 2 aromatic rings. The second-order valence-electron chi connectivity index (χ2n) is 6.22. The Bertz CT molecular complexity index is 822. The molecule has 2 aromatic carbocycles. The monoisotopic (exact) mass is 397 g/mol. The summed E-state index contributed by atoms with van der Waals surface area (Å²) in [5.74, 6) is 0.443. The Morgan fingerprint density at radius 3 is 2.52 bits per heavy atom. The van der Waals surface area contributed by atoms with Gasteiger partial charge >= 0.3 is 0 Å². The molecule has 0 atom stereocenters. The molecule has 0 bridgehead atoms. The Morgan fingerprint density at radius 1 is 1.00 bits per heavy atom. The number of nitrogens with one attached hydrogen (secondary N) is 2. The fourth-order valence-corrected chi connectivity index (χ4v) is 2.43. The summed E-state index contributed by atoms with van der Waals surface area (Å²) in [4.78, 5) is 23.7. The van der Waals surface area contributed by atoms with Gasteiger partial charge in [-0.3, -0.25) is 9.59 Å². The van der Waals surface area contributed by atoms with Crippen LogP contribution in [0.4, 0.5) is 0 Å². The number of hydrogen-bond acceptors (Lipinski definition) is 5. The lowest BCUT2D eigenvalue weighted by Crippen LogP contribution is -2.29. The topological polar surface area (TPSA) is 89.0 Å². The van der Waals surface area contributed by atoms with Crippen molar-refractivity contribution in [2.45, 2.75) is 33.2 Å². The number of hydrogen-bond donors (Lipinski definition) is 2. The van der Waals surface area contributed by atoms with Gasteiger partial charge in [0.05, 0.1) is 19.4 Å². The zero-order valence-corrected chi connectivity index (χ0v) is 16.8. The molecular formula is C22H27N3O4. The van der Waals surface area contributed by atoms with E-state index in [1.54, 1.807) is 12.1 Å². The van der Waals surface area contributed by atoms with Crippen LogP contribution >= 0.6 is 0 Å². The summed E-state index contributed by atoms with van der Waals surface area (Å²) in [5.41, 5.74) is 4.07. The van der Waals surface area contributed by atoms with Crippen molar-refractivity contribution >= 4 is 18.0 Å². The average Bonchev–Trinajstić information content (AvgIpc) is 2.72. The molecule has 154 valence electrons. The Kier molecular flexibility index (Phi) is 9.21. The molecule has 0 unspecified atom stereocenters. The minimum Gasteiger partial charge on any atom is -0.490 e. The Morgan fingerprint density at radius 2 is 1.79 bits per heavy atom. The molecule has 7 heteroatoms. The van der Waals surface area contributed by atoms with Gasteiger partial charge in [0.25, 0.3) is 0 Å². The number of benzene rings is 2. The first kappa shape index (κ1) is 21.9. The summed E-state index contributed by atoms with van der Waals surface area (Å²) >= 11 is 0. The van der Waals surface area contributed by atoms with Crippen LogP contribution in [0.3, 0.4) is 0 Å². The molecule has 0 radical (unpaired) electrons. The number of nitrogens with zero attached hydrogens (tertiary/aromatic N) is 1. The third kappa shape index (κ3) is 8.04. The first-order valence-corrected chi connectivity index (χ1v) is 9.64. The fraction of sp³-hybridized carbons (Fsp3) is 0.318. The maximum absolute atomic E-state index is 11.9. The summed E-state index contributed by atoms with van der Waals surface area (Å²) in [7, 11) is 0. The van der Waals surface area contributed by atoms with Crippen LogP contribution in [0.15, 0.2) is 53.6 Å². The van der Waals surface area contributed by atoms with Crippen LogP contribution in [-0.2, 0) is 16.1 Å². The molecule has 0 heterocycles. The summed E-state index contributed by atoms with van der Waals surface area (Å²) in [6, 6.07) is 14.9. The fourth-order valence-electron chi connectivity index (χ4n) is 2.43. The van der Waals surface area contributed by atoms with E-state index in [1.807, 2.05) is 50.2 Å². The molecule has 7 nitrogen and oxygen atoms in total. The number of carbonyl (C=O) groups excluding carboxylic acids is 2. The van der Waals surface area contributed by atoms with Crippen LogP contribution in [0.25, 0.3) is 0 Å². The van der Waals surface area contributed by atoms with Gasteiger partial charge < -0.3 is 14.8 Å². The largest absolute Gasteiger partial charge is 0.490 e. The van der Waals surface area contributed by atoms with E-state index in [2.05, 4.69) is 15.8 Å². The normalized spacial score (nSPS) is 10.6. The minimum absolute atomic E-state index is 0.293. The molecule has 2 rings (SSSR count). The standard InChI is InChI=1S/C22H27N3O4/c1-3-12-29-19-11-10-18(13-20(19)28-4-2)16-24-25-22(27)14-21(26)23-15-17-8-6-5-7-9-17/h5-11,13,16H,3-4,12,14-15H2,1-2H3,(H,23,26)(H,25,27)/b24-16-. The predicted molar refractivity (Wildman–Crippen MR) is 112 cm³/mol. The Labute approximate surface area is 171 Å². The van der Waals surface area contributed by atoms with Gasteiger partial charge in [0.2, 0.25) is 11.8 Å². The smallest absolute Gasteiger partial charge is 0.249 e. The molecule has 0 saturated carbocycles. The second kappa shape index (κ2) is 12.2. The zero-order valence-electron chi connectivity index (χ0n) is 16.8. The molecule has 0 aromatic heterocycles. The summed E-state index contributed by atoms with van der Waals surface area (Å²) in [6.07, 6.45) is 2.10. The Balaban J connectivity index is 1.82. The maximum atomic E-state index is 11.9. The third-order valence-corrected chi connectivity index (χ3v) is 3.79. The quantitative estimate of drug-likeness (QED) is 0.347. The second-order valence-corrected chi connectivity index (χ2v) is 6.22. The Hall–Kier alpha value is -3.35. The molecule has 0 saturated heterocycles. The van der Waals surface area contributed by atoms with Crippen LogP contribution < -0.4 is 20.2 Å². The average molecular weight is 397 g/mol. The van der Waals surface area contributed by atoms with E-state index in [4.69, 9.17) is 9.47 Å². The van der Waals surface area contributed by atoms with Crippen LogP contribution in [0, 0.1) is 0 Å². The molecule has 2 N–H and O–H groups in total. The van der Waals surface area contributed by atoms with E-state index in [0.29, 0.717) is 31.3 Å². The van der Waals surface area contributed by atoms with Gasteiger partial charge in [-0.25, -0.2) is 5.43 Å². The van der Waals surface area contributed by atoms with Crippen LogP contribution in [0.5, 0.6) is 11.5 Å². The number of hydrazone groups is 1. The molecule has 2 amide bonds. The van der Waals surface area contributed by atoms with Gasteiger partial charge in [-0.1, -0.05) is 37.3 Å². The van der Waals surface area contributed by atoms with Crippen molar-refractivity contribution in [1.29, 1.82) is 0 Å². The minimum atomic E-state index is -0.486. The van der Waals surface area contributed by atoms with Crippen LogP contribution in [0.2, 0.25) is 0 Å². The van der Waals surface area contributed by atoms with Crippen molar-refractivity contribution in [3.8, 4) is 11.5 Å². The van der Waals surface area contributed by atoms with Gasteiger partial charge in [0.15, 0.2) is 11.5 Å². The van der Waals surface area contributed by atoms with Crippen molar-refractivity contribution in [2.24, 2.45) is 5.10 Å². The third-order valence-electron chi connectivity index (χ3n) is 3.79. The molecule has 0 aliphatic carbocycles. The highest BCUT2D eigenvalue weighted by Gasteiger charge is 2.09. The molecule has 0 fully saturated rings. The highest BCUT2D eigenvalue weighted by Crippen LogP contribution is 2.28. The van der Waals surface area contributed by atoms with Crippen molar-refractivity contribution in [3.63, 3.8) is 0 Å². The van der Waals surface area contributed by atoms with Gasteiger partial charge in [-0.2, -0.15) is 5.10 Å². The summed E-state index contributed by atoms with van der Waals surface area (Å²) in [5, 5.41) is 6.61. The molecule has 29 heavy (non-hydrogen) atoms. The summed E-state index contributed by atoms with van der Waals surface area (Å²) in [6.45, 7) is 5.43. The molecular weight excluding hydrogens is 370 g/mol. The van der Waals surface area contributed by atoms with E-state index in [1.165, 1.54) is 6.21 Å². The lowest BCUT2D eigenvalue weighted by Gasteiger charge is -2.11. The number of ether oxygens (including phenoxy) is 2.